The van der Waals surface area contributed by atoms with Gasteiger partial charge < -0.3 is 11.1 Å². The molecule has 4 nitrogen and oxygen atoms in total. The Bertz CT molecular complexity index is 565. The molecule has 1 atom stereocenters. The summed E-state index contributed by atoms with van der Waals surface area (Å²) in [4.78, 5) is 0. The van der Waals surface area contributed by atoms with Gasteiger partial charge in [0.05, 0.1) is 12.2 Å². The Morgan fingerprint density at radius 1 is 1.45 bits per heavy atom. The van der Waals surface area contributed by atoms with Crippen LogP contribution in [0.15, 0.2) is 35.1 Å². The number of nitrogens with zero attached hydrogens (tertiary/aromatic N) is 2. The molecule has 3 N–H and O–H groups in total. The highest BCUT2D eigenvalue weighted by Crippen LogP contribution is 2.27. The van der Waals surface area contributed by atoms with Crippen molar-refractivity contribution in [3.63, 3.8) is 0 Å². The van der Waals surface area contributed by atoms with Crippen molar-refractivity contribution in [2.75, 3.05) is 11.9 Å². The van der Waals surface area contributed by atoms with E-state index in [1.54, 1.807) is 0 Å². The van der Waals surface area contributed by atoms with Gasteiger partial charge in [-0.15, -0.1) is 0 Å². The normalized spacial score (nSPS) is 12.4. The van der Waals surface area contributed by atoms with Crippen molar-refractivity contribution < 1.29 is 0 Å². The molecule has 1 unspecified atom stereocenters. The van der Waals surface area contributed by atoms with E-state index in [2.05, 4.69) is 58.5 Å². The monoisotopic (exact) mass is 336 g/mol. The number of nitrogens with one attached hydrogen (secondary N) is 1. The minimum atomic E-state index is 0.0682. The molecule has 0 bridgehead atoms. The van der Waals surface area contributed by atoms with Gasteiger partial charge in [-0.3, -0.25) is 4.68 Å². The predicted octanol–water partition coefficient (Wildman–Crippen LogP) is 3.48. The summed E-state index contributed by atoms with van der Waals surface area (Å²) in [6.07, 6.45) is 5.03. The van der Waals surface area contributed by atoms with E-state index in [1.165, 1.54) is 5.56 Å². The first-order valence-corrected chi connectivity index (χ1v) is 7.68. The maximum Gasteiger partial charge on any atom is 0.0667 e. The van der Waals surface area contributed by atoms with E-state index in [9.17, 15) is 0 Å². The number of benzene rings is 1. The van der Waals surface area contributed by atoms with Gasteiger partial charge in [0.15, 0.2) is 0 Å². The standard InChI is InChI=1S/C15H21BrN4/c1-3-6-20-10-12(9-18-20)15(8-17)19-14-7-11(2)4-5-13(14)16/h4-5,7,9-10,15,19H,3,6,8,17H2,1-2H3. The molecule has 0 saturated heterocycles. The fourth-order valence-electron chi connectivity index (χ4n) is 2.13. The van der Waals surface area contributed by atoms with E-state index in [-0.39, 0.29) is 6.04 Å². The second kappa shape index (κ2) is 6.90. The maximum absolute atomic E-state index is 5.91. The molecule has 2 aromatic rings. The summed E-state index contributed by atoms with van der Waals surface area (Å²) >= 11 is 3.57. The fraction of sp³-hybridized carbons (Fsp3) is 0.400. The third-order valence-corrected chi connectivity index (χ3v) is 3.89. The third kappa shape index (κ3) is 3.61. The van der Waals surface area contributed by atoms with Crippen molar-refractivity contribution in [1.82, 2.24) is 9.78 Å². The number of rotatable bonds is 6. The number of aromatic nitrogens is 2. The van der Waals surface area contributed by atoms with Crippen LogP contribution < -0.4 is 11.1 Å². The Morgan fingerprint density at radius 2 is 2.25 bits per heavy atom. The van der Waals surface area contributed by atoms with Crippen LogP contribution in [0.25, 0.3) is 0 Å². The van der Waals surface area contributed by atoms with Crippen LogP contribution >= 0.6 is 15.9 Å². The van der Waals surface area contributed by atoms with Crippen molar-refractivity contribution >= 4 is 21.6 Å². The zero-order valence-corrected chi connectivity index (χ0v) is 13.5. The van der Waals surface area contributed by atoms with Crippen molar-refractivity contribution in [1.29, 1.82) is 0 Å². The summed E-state index contributed by atoms with van der Waals surface area (Å²) in [5.74, 6) is 0. The van der Waals surface area contributed by atoms with Crippen LogP contribution in [0, 0.1) is 6.92 Å². The number of aryl methyl sites for hydroxylation is 2. The van der Waals surface area contributed by atoms with E-state index >= 15 is 0 Å². The molecule has 0 amide bonds. The molecule has 20 heavy (non-hydrogen) atoms. The maximum atomic E-state index is 5.91. The van der Waals surface area contributed by atoms with Gasteiger partial charge in [0.1, 0.15) is 0 Å². The van der Waals surface area contributed by atoms with E-state index in [4.69, 9.17) is 5.73 Å². The average Bonchev–Trinajstić information content (AvgIpc) is 2.88. The first-order valence-electron chi connectivity index (χ1n) is 6.89. The largest absolute Gasteiger partial charge is 0.376 e. The van der Waals surface area contributed by atoms with Crippen LogP contribution in [-0.2, 0) is 6.54 Å². The first-order chi connectivity index (χ1) is 9.63. The van der Waals surface area contributed by atoms with Crippen molar-refractivity contribution in [2.45, 2.75) is 32.9 Å². The molecule has 0 spiro atoms. The molecule has 1 heterocycles. The van der Waals surface area contributed by atoms with Gasteiger partial charge in [0.2, 0.25) is 0 Å². The molecule has 2 rings (SSSR count). The summed E-state index contributed by atoms with van der Waals surface area (Å²) in [5.41, 5.74) is 9.30. The highest BCUT2D eigenvalue weighted by atomic mass is 79.9. The smallest absolute Gasteiger partial charge is 0.0667 e. The summed E-state index contributed by atoms with van der Waals surface area (Å²) < 4.78 is 3.01. The van der Waals surface area contributed by atoms with Gasteiger partial charge in [-0.1, -0.05) is 13.0 Å². The van der Waals surface area contributed by atoms with E-state index < -0.39 is 0 Å². The number of hydrogen-bond donors (Lipinski definition) is 2. The van der Waals surface area contributed by atoms with Crippen LogP contribution in [0.3, 0.4) is 0 Å². The Balaban J connectivity index is 2.17. The van der Waals surface area contributed by atoms with E-state index in [1.807, 2.05) is 16.9 Å². The van der Waals surface area contributed by atoms with Gasteiger partial charge in [0, 0.05) is 35.0 Å². The quantitative estimate of drug-likeness (QED) is 0.849. The topological polar surface area (TPSA) is 55.9 Å². The number of nitrogens with two attached hydrogens (primary N) is 1. The summed E-state index contributed by atoms with van der Waals surface area (Å²) in [6, 6.07) is 6.31. The molecular formula is C15H21BrN4. The Labute approximate surface area is 128 Å². The van der Waals surface area contributed by atoms with Crippen LogP contribution in [0.5, 0.6) is 0 Å². The minimum absolute atomic E-state index is 0.0682. The Hall–Kier alpha value is -1.33. The molecule has 0 fully saturated rings. The lowest BCUT2D eigenvalue weighted by atomic mass is 10.1. The SMILES string of the molecule is CCCn1cc(C(CN)Nc2cc(C)ccc2Br)cn1. The predicted molar refractivity (Wildman–Crippen MR) is 86.8 cm³/mol. The van der Waals surface area contributed by atoms with Crippen LogP contribution in [0.4, 0.5) is 5.69 Å². The van der Waals surface area contributed by atoms with Crippen molar-refractivity contribution in [3.05, 3.63) is 46.2 Å². The van der Waals surface area contributed by atoms with Crippen LogP contribution in [-0.4, -0.2) is 16.3 Å². The summed E-state index contributed by atoms with van der Waals surface area (Å²) in [5, 5.41) is 7.85. The highest BCUT2D eigenvalue weighted by molar-refractivity contribution is 9.10. The lowest BCUT2D eigenvalue weighted by Gasteiger charge is -2.18. The van der Waals surface area contributed by atoms with Crippen molar-refractivity contribution in [3.8, 4) is 0 Å². The molecule has 0 aliphatic heterocycles. The van der Waals surface area contributed by atoms with Gasteiger partial charge in [-0.25, -0.2) is 0 Å². The number of anilines is 1. The summed E-state index contributed by atoms with van der Waals surface area (Å²) in [6.45, 7) is 5.68. The number of hydrogen-bond acceptors (Lipinski definition) is 3. The molecule has 0 saturated carbocycles. The molecule has 108 valence electrons. The van der Waals surface area contributed by atoms with E-state index in [0.29, 0.717) is 6.54 Å². The highest BCUT2D eigenvalue weighted by Gasteiger charge is 2.13. The number of halogens is 1. The average molecular weight is 337 g/mol. The molecule has 5 heteroatoms. The fourth-order valence-corrected chi connectivity index (χ4v) is 2.49. The third-order valence-electron chi connectivity index (χ3n) is 3.20. The first kappa shape index (κ1) is 15.1. The van der Waals surface area contributed by atoms with Gasteiger partial charge >= 0.3 is 0 Å². The van der Waals surface area contributed by atoms with Crippen molar-refractivity contribution in [2.24, 2.45) is 5.73 Å². The molecule has 0 aliphatic carbocycles. The lowest BCUT2D eigenvalue weighted by Crippen LogP contribution is -2.20. The molecule has 1 aromatic heterocycles. The zero-order chi connectivity index (χ0) is 14.5. The molecule has 0 radical (unpaired) electrons. The lowest BCUT2D eigenvalue weighted by molar-refractivity contribution is 0.601. The minimum Gasteiger partial charge on any atom is -0.376 e. The molecule has 1 aromatic carbocycles. The second-order valence-corrected chi connectivity index (χ2v) is 5.81. The van der Waals surface area contributed by atoms with Crippen LogP contribution in [0.1, 0.15) is 30.5 Å². The van der Waals surface area contributed by atoms with Gasteiger partial charge in [-0.2, -0.15) is 5.10 Å². The Morgan fingerprint density at radius 3 is 2.95 bits per heavy atom. The van der Waals surface area contributed by atoms with Crippen LogP contribution in [0.2, 0.25) is 0 Å². The van der Waals surface area contributed by atoms with Gasteiger partial charge in [-0.05, 0) is 47.0 Å². The summed E-state index contributed by atoms with van der Waals surface area (Å²) in [7, 11) is 0. The Kier molecular flexibility index (Phi) is 5.20. The van der Waals surface area contributed by atoms with Gasteiger partial charge in [0.25, 0.3) is 0 Å². The molecule has 0 aliphatic rings. The zero-order valence-electron chi connectivity index (χ0n) is 11.9. The van der Waals surface area contributed by atoms with E-state index in [0.717, 1.165) is 28.7 Å². The molecular weight excluding hydrogens is 316 g/mol. The second-order valence-electron chi connectivity index (χ2n) is 4.95.